The Balaban J connectivity index is 2.00. The molecule has 0 bridgehead atoms. The maximum absolute atomic E-state index is 4.76. The van der Waals surface area contributed by atoms with E-state index in [4.69, 9.17) is 4.98 Å². The van der Waals surface area contributed by atoms with E-state index in [0.717, 1.165) is 17.1 Å². The molecular weight excluding hydrogens is 292 g/mol. The Bertz CT molecular complexity index is 968. The van der Waals surface area contributed by atoms with Crippen LogP contribution in [0.1, 0.15) is 41.9 Å². The van der Waals surface area contributed by atoms with Gasteiger partial charge < -0.3 is 0 Å². The van der Waals surface area contributed by atoms with Gasteiger partial charge in [0.25, 0.3) is 0 Å². The van der Waals surface area contributed by atoms with Crippen LogP contribution in [-0.4, -0.2) is 9.97 Å². The molecule has 120 valence electrons. The molecule has 24 heavy (non-hydrogen) atoms. The largest absolute Gasteiger partial charge is 0.257 e. The normalized spacial score (nSPS) is 14.4. The molecule has 3 aromatic rings. The van der Waals surface area contributed by atoms with Crippen molar-refractivity contribution in [2.24, 2.45) is 0 Å². The van der Waals surface area contributed by atoms with Crippen LogP contribution >= 0.6 is 0 Å². The lowest BCUT2D eigenvalue weighted by Crippen LogP contribution is -2.15. The average Bonchev–Trinajstić information content (AvgIpc) is 2.77. The number of hydrogen-bond acceptors (Lipinski definition) is 2. The number of hydrogen-bond donors (Lipinski definition) is 0. The fourth-order valence-corrected chi connectivity index (χ4v) is 3.90. The van der Waals surface area contributed by atoms with Gasteiger partial charge in [-0.25, -0.2) is 4.98 Å². The van der Waals surface area contributed by atoms with Crippen LogP contribution in [0.4, 0.5) is 0 Å². The number of fused-ring (bicyclic) bond motifs is 3. The molecule has 0 N–H and O–H groups in total. The van der Waals surface area contributed by atoms with Gasteiger partial charge in [0.1, 0.15) is 0 Å². The van der Waals surface area contributed by atoms with Gasteiger partial charge in [0.05, 0.1) is 17.1 Å². The summed E-state index contributed by atoms with van der Waals surface area (Å²) in [4.78, 5) is 9.27. The number of rotatable bonds is 1. The second kappa shape index (κ2) is 5.01. The standard InChI is InChI=1S/C22H22N2/c1-13-10-18-16-8-6-7-9-19(16)22(4,5)20(18)11-17(13)21-15(3)23-12-14(2)24-21/h6-12H,1-5H3. The van der Waals surface area contributed by atoms with Crippen LogP contribution in [0.5, 0.6) is 0 Å². The maximum atomic E-state index is 4.76. The van der Waals surface area contributed by atoms with Crippen LogP contribution in [0.3, 0.4) is 0 Å². The van der Waals surface area contributed by atoms with Crippen molar-refractivity contribution in [1.29, 1.82) is 0 Å². The molecule has 1 aliphatic carbocycles. The first kappa shape index (κ1) is 15.1. The minimum Gasteiger partial charge on any atom is -0.257 e. The summed E-state index contributed by atoms with van der Waals surface area (Å²) >= 11 is 0. The maximum Gasteiger partial charge on any atom is 0.0920 e. The van der Waals surface area contributed by atoms with E-state index < -0.39 is 0 Å². The highest BCUT2D eigenvalue weighted by molar-refractivity contribution is 5.84. The van der Waals surface area contributed by atoms with Crippen molar-refractivity contribution in [3.8, 4) is 22.4 Å². The lowest BCUT2D eigenvalue weighted by molar-refractivity contribution is 0.660. The highest BCUT2D eigenvalue weighted by atomic mass is 14.8. The Morgan fingerprint density at radius 2 is 1.58 bits per heavy atom. The number of aromatic nitrogens is 2. The highest BCUT2D eigenvalue weighted by Crippen LogP contribution is 2.50. The van der Waals surface area contributed by atoms with Crippen LogP contribution in [0, 0.1) is 20.8 Å². The van der Waals surface area contributed by atoms with Crippen LogP contribution < -0.4 is 0 Å². The van der Waals surface area contributed by atoms with Gasteiger partial charge in [0.2, 0.25) is 0 Å². The smallest absolute Gasteiger partial charge is 0.0920 e. The van der Waals surface area contributed by atoms with Crippen LogP contribution in [0.15, 0.2) is 42.6 Å². The van der Waals surface area contributed by atoms with Gasteiger partial charge in [0, 0.05) is 17.2 Å². The lowest BCUT2D eigenvalue weighted by Gasteiger charge is -2.22. The number of nitrogens with zero attached hydrogens (tertiary/aromatic N) is 2. The van der Waals surface area contributed by atoms with Crippen molar-refractivity contribution in [2.45, 2.75) is 40.0 Å². The molecule has 2 nitrogen and oxygen atoms in total. The lowest BCUT2D eigenvalue weighted by atomic mass is 9.81. The third-order valence-corrected chi connectivity index (χ3v) is 5.26. The third-order valence-electron chi connectivity index (χ3n) is 5.26. The second-order valence-electron chi connectivity index (χ2n) is 7.33. The molecule has 1 aliphatic rings. The van der Waals surface area contributed by atoms with E-state index in [0.29, 0.717) is 0 Å². The van der Waals surface area contributed by atoms with E-state index in [2.05, 4.69) is 62.2 Å². The topological polar surface area (TPSA) is 25.8 Å². The SMILES string of the molecule is Cc1cnc(C)c(-c2cc3c(cc2C)-c2ccccc2C3(C)C)n1. The molecule has 0 spiro atoms. The van der Waals surface area contributed by atoms with E-state index in [1.165, 1.54) is 33.4 Å². The Morgan fingerprint density at radius 3 is 2.38 bits per heavy atom. The summed E-state index contributed by atoms with van der Waals surface area (Å²) in [6, 6.07) is 13.4. The number of aryl methyl sites for hydroxylation is 3. The minimum absolute atomic E-state index is 0.0134. The quantitative estimate of drug-likeness (QED) is 0.603. The molecule has 1 heterocycles. The molecule has 0 unspecified atom stereocenters. The predicted molar refractivity (Wildman–Crippen MR) is 99.2 cm³/mol. The van der Waals surface area contributed by atoms with E-state index in [9.17, 15) is 0 Å². The third kappa shape index (κ3) is 2.02. The molecule has 0 radical (unpaired) electrons. The van der Waals surface area contributed by atoms with Gasteiger partial charge in [-0.3, -0.25) is 4.98 Å². The molecule has 2 aromatic carbocycles. The summed E-state index contributed by atoms with van der Waals surface area (Å²) < 4.78 is 0. The second-order valence-corrected chi connectivity index (χ2v) is 7.33. The summed E-state index contributed by atoms with van der Waals surface area (Å²) in [5, 5.41) is 0. The molecule has 2 heteroatoms. The molecule has 4 rings (SSSR count). The summed E-state index contributed by atoms with van der Waals surface area (Å²) in [6.45, 7) is 10.8. The monoisotopic (exact) mass is 314 g/mol. The fourth-order valence-electron chi connectivity index (χ4n) is 3.90. The molecule has 0 saturated heterocycles. The van der Waals surface area contributed by atoms with Crippen molar-refractivity contribution in [3.63, 3.8) is 0 Å². The molecule has 0 fully saturated rings. The minimum atomic E-state index is 0.0134. The van der Waals surface area contributed by atoms with Gasteiger partial charge in [-0.05, 0) is 54.7 Å². The van der Waals surface area contributed by atoms with E-state index in [1.807, 2.05) is 20.0 Å². The van der Waals surface area contributed by atoms with Gasteiger partial charge in [-0.1, -0.05) is 44.2 Å². The average molecular weight is 314 g/mol. The molecule has 0 atom stereocenters. The molecule has 0 aliphatic heterocycles. The zero-order valence-corrected chi connectivity index (χ0v) is 14.9. The highest BCUT2D eigenvalue weighted by Gasteiger charge is 2.35. The van der Waals surface area contributed by atoms with Crippen molar-refractivity contribution in [3.05, 3.63) is 70.7 Å². The zero-order valence-electron chi connectivity index (χ0n) is 14.9. The predicted octanol–water partition coefficient (Wildman–Crippen LogP) is 5.38. The molecule has 0 amide bonds. The zero-order chi connectivity index (χ0) is 17.1. The Kier molecular flexibility index (Phi) is 3.14. The summed E-state index contributed by atoms with van der Waals surface area (Å²) in [6.07, 6.45) is 1.83. The van der Waals surface area contributed by atoms with Crippen molar-refractivity contribution < 1.29 is 0 Å². The summed E-state index contributed by atoms with van der Waals surface area (Å²) in [5.74, 6) is 0. The Morgan fingerprint density at radius 1 is 0.833 bits per heavy atom. The molecular formula is C22H22N2. The molecule has 1 aromatic heterocycles. The first-order valence-corrected chi connectivity index (χ1v) is 8.45. The molecule has 0 saturated carbocycles. The van der Waals surface area contributed by atoms with Gasteiger partial charge >= 0.3 is 0 Å². The van der Waals surface area contributed by atoms with E-state index in [-0.39, 0.29) is 5.41 Å². The first-order valence-electron chi connectivity index (χ1n) is 8.45. The van der Waals surface area contributed by atoms with Gasteiger partial charge in [0.15, 0.2) is 0 Å². The van der Waals surface area contributed by atoms with Crippen molar-refractivity contribution in [1.82, 2.24) is 9.97 Å². The van der Waals surface area contributed by atoms with Gasteiger partial charge in [-0.2, -0.15) is 0 Å². The van der Waals surface area contributed by atoms with E-state index >= 15 is 0 Å². The fraction of sp³-hybridized carbons (Fsp3) is 0.273. The summed E-state index contributed by atoms with van der Waals surface area (Å²) in [5.41, 5.74) is 10.9. The van der Waals surface area contributed by atoms with Gasteiger partial charge in [-0.15, -0.1) is 0 Å². The number of benzene rings is 2. The van der Waals surface area contributed by atoms with E-state index in [1.54, 1.807) is 0 Å². The van der Waals surface area contributed by atoms with Crippen LogP contribution in [0.2, 0.25) is 0 Å². The Hall–Kier alpha value is -2.48. The van der Waals surface area contributed by atoms with Crippen LogP contribution in [0.25, 0.3) is 22.4 Å². The first-order chi connectivity index (χ1) is 11.4. The van der Waals surface area contributed by atoms with Crippen molar-refractivity contribution in [2.75, 3.05) is 0 Å². The Labute approximate surface area is 143 Å². The summed E-state index contributed by atoms with van der Waals surface area (Å²) in [7, 11) is 0. The van der Waals surface area contributed by atoms with Crippen molar-refractivity contribution >= 4 is 0 Å². The van der Waals surface area contributed by atoms with Crippen LogP contribution in [-0.2, 0) is 5.41 Å².